The summed E-state index contributed by atoms with van der Waals surface area (Å²) in [5.41, 5.74) is -1.57. The number of likely N-dealkylation sites (tertiary alicyclic amines) is 1. The minimum absolute atomic E-state index is 0.192. The van der Waals surface area contributed by atoms with Gasteiger partial charge in [-0.05, 0) is 30.3 Å². The number of rotatable bonds is 1. The lowest BCUT2D eigenvalue weighted by Crippen LogP contribution is -2.45. The molecule has 122 valence electrons. The second-order valence-corrected chi connectivity index (χ2v) is 5.39. The maximum absolute atomic E-state index is 12.5. The van der Waals surface area contributed by atoms with Crippen LogP contribution in [0.5, 0.6) is 0 Å². The molecule has 1 aliphatic rings. The third-order valence-corrected chi connectivity index (χ3v) is 3.73. The fourth-order valence-electron chi connectivity index (χ4n) is 2.28. The maximum Gasteiger partial charge on any atom is 0.416 e. The lowest BCUT2D eigenvalue weighted by Gasteiger charge is -2.34. The van der Waals surface area contributed by atoms with E-state index in [-0.39, 0.29) is 5.91 Å². The van der Waals surface area contributed by atoms with Crippen molar-refractivity contribution in [3.8, 4) is 11.8 Å². The van der Waals surface area contributed by atoms with E-state index >= 15 is 0 Å². The van der Waals surface area contributed by atoms with Crippen molar-refractivity contribution in [3.05, 3.63) is 48.0 Å². The van der Waals surface area contributed by atoms with Crippen LogP contribution in [0, 0.1) is 11.8 Å². The summed E-state index contributed by atoms with van der Waals surface area (Å²) in [5.74, 6) is 5.22. The minimum atomic E-state index is -4.38. The van der Waals surface area contributed by atoms with Crippen molar-refractivity contribution in [3.63, 3.8) is 0 Å². The van der Waals surface area contributed by atoms with Crippen LogP contribution < -0.4 is 0 Å². The van der Waals surface area contributed by atoms with Crippen LogP contribution in [0.4, 0.5) is 13.2 Å². The smallest absolute Gasteiger partial charge is 0.377 e. The molecule has 0 radical (unpaired) electrons. The molecular formula is C17H16F3NO2. The fraction of sp³-hybridized carbons (Fsp3) is 0.353. The number of nitrogens with zero attached hydrogens (tertiary/aromatic N) is 1. The van der Waals surface area contributed by atoms with Gasteiger partial charge in [0.05, 0.1) is 5.56 Å². The Labute approximate surface area is 132 Å². The Bertz CT molecular complexity index is 645. The van der Waals surface area contributed by atoms with Gasteiger partial charge in [-0.2, -0.15) is 13.2 Å². The SMILES string of the molecule is C=CC(=O)N1CCC(O)(C#Cc2ccc(C(F)(F)F)cc2)CC1. The van der Waals surface area contributed by atoms with Gasteiger partial charge in [-0.3, -0.25) is 4.79 Å². The van der Waals surface area contributed by atoms with Gasteiger partial charge in [0, 0.05) is 31.5 Å². The van der Waals surface area contributed by atoms with Crippen molar-refractivity contribution in [1.29, 1.82) is 0 Å². The molecule has 0 aliphatic carbocycles. The van der Waals surface area contributed by atoms with Crippen molar-refractivity contribution < 1.29 is 23.1 Å². The first-order valence-electron chi connectivity index (χ1n) is 7.08. The Morgan fingerprint density at radius 3 is 2.30 bits per heavy atom. The summed E-state index contributed by atoms with van der Waals surface area (Å²) in [6.45, 7) is 4.14. The summed E-state index contributed by atoms with van der Waals surface area (Å²) in [6.07, 6.45) is -2.58. The second-order valence-electron chi connectivity index (χ2n) is 5.39. The van der Waals surface area contributed by atoms with Gasteiger partial charge in [0.1, 0.15) is 5.60 Å². The Morgan fingerprint density at radius 1 is 1.26 bits per heavy atom. The highest BCUT2D eigenvalue weighted by atomic mass is 19.4. The number of amides is 1. The van der Waals surface area contributed by atoms with Gasteiger partial charge >= 0.3 is 6.18 Å². The molecule has 1 aromatic rings. The predicted molar refractivity (Wildman–Crippen MR) is 79.3 cm³/mol. The molecule has 0 unspecified atom stereocenters. The third-order valence-electron chi connectivity index (χ3n) is 3.73. The molecule has 1 saturated heterocycles. The molecule has 0 spiro atoms. The number of hydrogen-bond acceptors (Lipinski definition) is 2. The molecule has 1 amide bonds. The average Bonchev–Trinajstić information content (AvgIpc) is 2.53. The van der Waals surface area contributed by atoms with Gasteiger partial charge in [0.25, 0.3) is 0 Å². The van der Waals surface area contributed by atoms with Crippen LogP contribution >= 0.6 is 0 Å². The molecule has 3 nitrogen and oxygen atoms in total. The third kappa shape index (κ3) is 4.36. The number of hydrogen-bond donors (Lipinski definition) is 1. The molecule has 0 bridgehead atoms. The summed E-state index contributed by atoms with van der Waals surface area (Å²) in [7, 11) is 0. The van der Waals surface area contributed by atoms with Gasteiger partial charge in [-0.25, -0.2) is 0 Å². The Kier molecular flexibility index (Phi) is 4.81. The highest BCUT2D eigenvalue weighted by Gasteiger charge is 2.32. The molecule has 1 fully saturated rings. The number of alkyl halides is 3. The van der Waals surface area contributed by atoms with E-state index in [4.69, 9.17) is 0 Å². The maximum atomic E-state index is 12.5. The quantitative estimate of drug-likeness (QED) is 0.637. The van der Waals surface area contributed by atoms with E-state index in [9.17, 15) is 23.1 Å². The number of carbonyl (C=O) groups excluding carboxylic acids is 1. The molecule has 1 heterocycles. The van der Waals surface area contributed by atoms with Gasteiger partial charge in [0.15, 0.2) is 0 Å². The first kappa shape index (κ1) is 17.1. The standard InChI is InChI=1S/C17H16F3NO2/c1-2-15(22)21-11-9-16(23,10-12-21)8-7-13-3-5-14(6-4-13)17(18,19)20/h2-6,23H,1,9-12H2. The zero-order valence-corrected chi connectivity index (χ0v) is 12.4. The number of piperidine rings is 1. The number of halogens is 3. The minimum Gasteiger partial charge on any atom is -0.377 e. The van der Waals surface area contributed by atoms with Gasteiger partial charge in [0.2, 0.25) is 5.91 Å². The van der Waals surface area contributed by atoms with Crippen LogP contribution in [0.15, 0.2) is 36.9 Å². The molecule has 2 rings (SSSR count). The van der Waals surface area contributed by atoms with E-state index in [0.717, 1.165) is 12.1 Å². The zero-order chi connectivity index (χ0) is 17.1. The van der Waals surface area contributed by atoms with Crippen LogP contribution in [-0.4, -0.2) is 34.6 Å². The van der Waals surface area contributed by atoms with Gasteiger partial charge in [-0.1, -0.05) is 18.4 Å². The predicted octanol–water partition coefficient (Wildman–Crippen LogP) is 2.60. The fourth-order valence-corrected chi connectivity index (χ4v) is 2.28. The molecule has 1 aliphatic heterocycles. The van der Waals surface area contributed by atoms with Crippen LogP contribution in [0.1, 0.15) is 24.0 Å². The second kappa shape index (κ2) is 6.47. The monoisotopic (exact) mass is 323 g/mol. The van der Waals surface area contributed by atoms with Crippen molar-refractivity contribution in [2.24, 2.45) is 0 Å². The van der Waals surface area contributed by atoms with E-state index in [1.54, 1.807) is 4.90 Å². The number of carbonyl (C=O) groups is 1. The van der Waals surface area contributed by atoms with Crippen molar-refractivity contribution >= 4 is 5.91 Å². The highest BCUT2D eigenvalue weighted by Crippen LogP contribution is 2.29. The van der Waals surface area contributed by atoms with E-state index in [0.29, 0.717) is 31.5 Å². The Hall–Kier alpha value is -2.26. The topological polar surface area (TPSA) is 40.5 Å². The van der Waals surface area contributed by atoms with Crippen LogP contribution in [0.25, 0.3) is 0 Å². The lowest BCUT2D eigenvalue weighted by molar-refractivity contribution is -0.137. The zero-order valence-electron chi connectivity index (χ0n) is 12.4. The highest BCUT2D eigenvalue weighted by molar-refractivity contribution is 5.87. The molecule has 23 heavy (non-hydrogen) atoms. The van der Waals surface area contributed by atoms with E-state index < -0.39 is 17.3 Å². The molecule has 0 aromatic heterocycles. The molecule has 6 heteroatoms. The number of aliphatic hydroxyl groups is 1. The van der Waals surface area contributed by atoms with Crippen LogP contribution in [0.3, 0.4) is 0 Å². The number of benzene rings is 1. The summed E-state index contributed by atoms with van der Waals surface area (Å²) >= 11 is 0. The van der Waals surface area contributed by atoms with Crippen molar-refractivity contribution in [2.45, 2.75) is 24.6 Å². The first-order valence-corrected chi connectivity index (χ1v) is 7.08. The molecule has 0 atom stereocenters. The first-order chi connectivity index (χ1) is 10.7. The normalized spacial score (nSPS) is 17.1. The van der Waals surface area contributed by atoms with E-state index in [2.05, 4.69) is 18.4 Å². The molecular weight excluding hydrogens is 307 g/mol. The average molecular weight is 323 g/mol. The summed E-state index contributed by atoms with van der Waals surface area (Å²) in [6, 6.07) is 4.46. The molecule has 1 aromatic carbocycles. The molecule has 1 N–H and O–H groups in total. The molecule has 0 saturated carbocycles. The van der Waals surface area contributed by atoms with E-state index in [1.807, 2.05) is 0 Å². The van der Waals surface area contributed by atoms with Crippen LogP contribution in [0.2, 0.25) is 0 Å². The van der Waals surface area contributed by atoms with E-state index in [1.165, 1.54) is 18.2 Å². The van der Waals surface area contributed by atoms with Gasteiger partial charge in [-0.15, -0.1) is 0 Å². The van der Waals surface area contributed by atoms with Crippen molar-refractivity contribution in [2.75, 3.05) is 13.1 Å². The summed E-state index contributed by atoms with van der Waals surface area (Å²) < 4.78 is 37.4. The largest absolute Gasteiger partial charge is 0.416 e. The van der Waals surface area contributed by atoms with Gasteiger partial charge < -0.3 is 10.0 Å². The van der Waals surface area contributed by atoms with Crippen LogP contribution in [-0.2, 0) is 11.0 Å². The Morgan fingerprint density at radius 2 is 1.83 bits per heavy atom. The Balaban J connectivity index is 2.04. The summed E-state index contributed by atoms with van der Waals surface area (Å²) in [5, 5.41) is 10.4. The lowest BCUT2D eigenvalue weighted by atomic mass is 9.91. The summed E-state index contributed by atoms with van der Waals surface area (Å²) in [4.78, 5) is 13.0. The van der Waals surface area contributed by atoms with Crippen molar-refractivity contribution in [1.82, 2.24) is 4.90 Å².